The summed E-state index contributed by atoms with van der Waals surface area (Å²) in [5.74, 6) is 0. The van der Waals surface area contributed by atoms with E-state index in [4.69, 9.17) is 11.3 Å². The van der Waals surface area contributed by atoms with Crippen LogP contribution in [0.3, 0.4) is 0 Å². The Morgan fingerprint density at radius 3 is 1.30 bits per heavy atom. The molecule has 0 N–H and O–H groups in total. The van der Waals surface area contributed by atoms with Crippen LogP contribution < -0.4 is 26.2 Å². The highest BCUT2D eigenvalue weighted by molar-refractivity contribution is 7.00. The van der Waals surface area contributed by atoms with Crippen molar-refractivity contribution in [3.05, 3.63) is 319 Å². The van der Waals surface area contributed by atoms with Crippen LogP contribution in [0.5, 0.6) is 0 Å². The summed E-state index contributed by atoms with van der Waals surface area (Å²) in [6, 6.07) is 70.3. The zero-order valence-electron chi connectivity index (χ0n) is 74.6. The monoisotopic (exact) mass is 1380 g/mol. The largest absolute Gasteiger partial charge is 0.452 e. The van der Waals surface area contributed by atoms with E-state index >= 15 is 0 Å². The van der Waals surface area contributed by atoms with Crippen molar-refractivity contribution >= 4 is 123 Å². The molecule has 106 heavy (non-hydrogen) atoms. The number of aromatic nitrogens is 2. The molecule has 5 heterocycles. The molecule has 14 aromatic carbocycles. The summed E-state index contributed by atoms with van der Waals surface area (Å²) in [4.78, 5) is 4.54. The van der Waals surface area contributed by atoms with E-state index in [9.17, 15) is 11.0 Å². The summed E-state index contributed by atoms with van der Waals surface area (Å²) >= 11 is 0. The van der Waals surface area contributed by atoms with Gasteiger partial charge in [0.1, 0.15) is 0 Å². The Morgan fingerprint density at radius 2 is 0.745 bits per heavy atom. The molecular formula is C100H85BN4O. The van der Waals surface area contributed by atoms with Crippen LogP contribution in [0.4, 0.5) is 34.1 Å². The number of para-hydroxylation sites is 4. The van der Waals surface area contributed by atoms with Gasteiger partial charge in [0, 0.05) is 66.4 Å². The molecule has 0 unspecified atom stereocenters. The van der Waals surface area contributed by atoms with Crippen LogP contribution >= 0.6 is 0 Å². The first-order valence-corrected chi connectivity index (χ1v) is 36.6. The van der Waals surface area contributed by atoms with Crippen molar-refractivity contribution in [3.63, 3.8) is 0 Å². The van der Waals surface area contributed by atoms with Crippen molar-refractivity contribution in [2.45, 2.75) is 105 Å². The Hall–Kier alpha value is -11.9. The van der Waals surface area contributed by atoms with Crippen LogP contribution in [-0.4, -0.2) is 15.8 Å². The number of benzene rings is 14. The van der Waals surface area contributed by atoms with E-state index in [0.29, 0.717) is 39.5 Å². The molecule has 0 saturated carbocycles. The van der Waals surface area contributed by atoms with Gasteiger partial charge in [-0.25, -0.2) is 0 Å². The first-order chi connectivity index (χ1) is 56.5. The van der Waals surface area contributed by atoms with E-state index in [1.807, 2.05) is 72.8 Å². The first kappa shape index (κ1) is 52.2. The number of nitrogens with zero attached hydrogens (tertiary/aromatic N) is 4. The first-order valence-electron chi connectivity index (χ1n) is 43.1. The summed E-state index contributed by atoms with van der Waals surface area (Å²) < 4.78 is 134. The minimum atomic E-state index is -0.700. The van der Waals surface area contributed by atoms with E-state index < -0.39 is 73.2 Å². The molecule has 2 aliphatic rings. The molecule has 514 valence electrons. The fourth-order valence-corrected chi connectivity index (χ4v) is 16.4. The van der Waals surface area contributed by atoms with E-state index in [1.165, 1.54) is 11.1 Å². The SMILES string of the molecule is [2H]c1c([2H])c([2H])c(-c2ccc3c(c2)N(c2cc(-c4ccccc4)cc(-c4ccccc4)c2)c2cc(-c4cc(C(C)(C)C)cc(C(C)(C)C)c4)cc4c2B3c2ccc(-n3c5c([2H])c([2H])c([2H])c([2H])c5c5c([2H])c([2H])c([2H])c([2H])c53)cc2N4c2cccc3c2oc2c(-n4c5ccc(C(C)(C)C)cc5c5cc(C(C)(C)C)ccc54)cccc23)c([2H])c1[2H]. The fraction of sp³-hybridized carbons (Fsp3) is 0.160. The molecule has 0 fully saturated rings. The van der Waals surface area contributed by atoms with E-state index in [1.54, 1.807) is 4.57 Å². The molecule has 2 aliphatic heterocycles. The fourth-order valence-electron chi connectivity index (χ4n) is 16.4. The molecule has 6 heteroatoms. The highest BCUT2D eigenvalue weighted by Gasteiger charge is 2.45. The van der Waals surface area contributed by atoms with Crippen molar-refractivity contribution in [2.75, 3.05) is 9.80 Å². The summed E-state index contributed by atoms with van der Waals surface area (Å²) in [6.45, 7) is 26.1. The van der Waals surface area contributed by atoms with Gasteiger partial charge in [0.2, 0.25) is 0 Å². The molecular weight excluding hydrogens is 1280 g/mol. The molecule has 3 aromatic heterocycles. The molecule has 0 aliphatic carbocycles. The third-order valence-electron chi connectivity index (χ3n) is 22.0. The van der Waals surface area contributed by atoms with Crippen molar-refractivity contribution < 1.29 is 22.2 Å². The van der Waals surface area contributed by atoms with Gasteiger partial charge in [-0.3, -0.25) is 0 Å². The van der Waals surface area contributed by atoms with Gasteiger partial charge in [0.25, 0.3) is 6.71 Å². The molecule has 0 radical (unpaired) electrons. The lowest BCUT2D eigenvalue weighted by Crippen LogP contribution is -2.61. The number of rotatable bonds is 8. The number of hydrogen-bond acceptors (Lipinski definition) is 3. The maximum Gasteiger partial charge on any atom is 0.252 e. The van der Waals surface area contributed by atoms with E-state index in [2.05, 4.69) is 243 Å². The normalized spacial score (nSPS) is 14.9. The zero-order chi connectivity index (χ0) is 83.8. The second kappa shape index (κ2) is 23.8. The van der Waals surface area contributed by atoms with Crippen LogP contribution in [0.2, 0.25) is 0 Å². The van der Waals surface area contributed by atoms with Gasteiger partial charge in [-0.05, 0) is 202 Å². The van der Waals surface area contributed by atoms with Gasteiger partial charge in [-0.1, -0.05) is 283 Å². The quantitative estimate of drug-likeness (QED) is 0.142. The lowest BCUT2D eigenvalue weighted by molar-refractivity contribution is 0.569. The van der Waals surface area contributed by atoms with Crippen molar-refractivity contribution in [2.24, 2.45) is 0 Å². The standard InChI is InChI=1S/C100H85BN4O/c1-97(2,3)70-43-48-86-80(59-70)81-60-71(98(4,5)6)44-49-87(81)104(86)88-40-26-36-78-79-37-27-41-89(96(79)106-95(78)88)105-91-61-74(102-84-38-24-22-34-76(84)77-35-23-25-39-85(77)102)45-47-83(91)101-82-46-42-65(62-28-16-13-17-29-62)55-90(82)103(75-53-66(63-30-18-14-19-31-63)50-67(54-75)64-32-20-15-21-33-64)92-56-69(57-93(105)94(92)101)68-51-72(99(7,8)9)58-73(52-68)100(10,11)12/h13-61H,1-12H3/i13D,16D,17D,22D,23D,24D,25D,28D,29D,34D,35D,38D,39D. The Kier molecular flexibility index (Phi) is 11.7. The van der Waals surface area contributed by atoms with Gasteiger partial charge in [0.05, 0.1) is 51.3 Å². The summed E-state index contributed by atoms with van der Waals surface area (Å²) in [7, 11) is 0. The predicted molar refractivity (Wildman–Crippen MR) is 453 cm³/mol. The van der Waals surface area contributed by atoms with Gasteiger partial charge in [0.15, 0.2) is 11.2 Å². The van der Waals surface area contributed by atoms with Gasteiger partial charge in [-0.15, -0.1) is 0 Å². The average Bonchev–Trinajstić information content (AvgIpc) is 1.34. The number of anilines is 6. The molecule has 0 bridgehead atoms. The van der Waals surface area contributed by atoms with E-state index in [-0.39, 0.29) is 61.1 Å². The highest BCUT2D eigenvalue weighted by atomic mass is 16.3. The Morgan fingerprint density at radius 1 is 0.274 bits per heavy atom. The Bertz CT molecular complexity index is 7010. The minimum absolute atomic E-state index is 0.0299. The lowest BCUT2D eigenvalue weighted by Gasteiger charge is -2.45. The third kappa shape index (κ3) is 10.5. The average molecular weight is 1380 g/mol. The predicted octanol–water partition coefficient (Wildman–Crippen LogP) is 25.7. The van der Waals surface area contributed by atoms with Crippen molar-refractivity contribution in [1.29, 1.82) is 0 Å². The molecule has 5 nitrogen and oxygen atoms in total. The summed E-state index contributed by atoms with van der Waals surface area (Å²) in [5.41, 5.74) is 20.4. The molecule has 0 atom stereocenters. The maximum absolute atomic E-state index is 9.85. The second-order valence-corrected chi connectivity index (χ2v) is 32.8. The number of furan rings is 1. The summed E-state index contributed by atoms with van der Waals surface area (Å²) in [6.07, 6.45) is 0. The topological polar surface area (TPSA) is 29.5 Å². The maximum atomic E-state index is 9.85. The van der Waals surface area contributed by atoms with Gasteiger partial charge < -0.3 is 23.4 Å². The van der Waals surface area contributed by atoms with Gasteiger partial charge >= 0.3 is 0 Å². The number of hydrogen-bond donors (Lipinski definition) is 0. The Labute approximate surface area is 640 Å². The molecule has 17 aromatic rings. The number of fused-ring (bicyclic) bond motifs is 13. The van der Waals surface area contributed by atoms with Crippen molar-refractivity contribution in [1.82, 2.24) is 9.13 Å². The summed E-state index contributed by atoms with van der Waals surface area (Å²) in [5, 5.41) is 3.80. The Balaban J connectivity index is 0.986. The smallest absolute Gasteiger partial charge is 0.252 e. The second-order valence-electron chi connectivity index (χ2n) is 32.8. The molecule has 0 saturated heterocycles. The van der Waals surface area contributed by atoms with Crippen LogP contribution in [0.1, 0.15) is 123 Å². The van der Waals surface area contributed by atoms with Crippen molar-refractivity contribution in [3.8, 4) is 55.9 Å². The van der Waals surface area contributed by atoms with Crippen LogP contribution in [0.15, 0.2) is 301 Å². The van der Waals surface area contributed by atoms with Gasteiger partial charge in [-0.2, -0.15) is 0 Å². The van der Waals surface area contributed by atoms with Crippen LogP contribution in [-0.2, 0) is 21.7 Å². The van der Waals surface area contributed by atoms with Crippen LogP contribution in [0, 0.1) is 0 Å². The molecule has 0 spiro atoms. The minimum Gasteiger partial charge on any atom is -0.452 e. The zero-order valence-corrected chi connectivity index (χ0v) is 61.6. The van der Waals surface area contributed by atoms with E-state index in [0.717, 1.165) is 116 Å². The molecule has 0 amide bonds. The third-order valence-corrected chi connectivity index (χ3v) is 22.0. The molecule has 19 rings (SSSR count). The highest BCUT2D eigenvalue weighted by Crippen LogP contribution is 2.52. The lowest BCUT2D eigenvalue weighted by atomic mass is 9.33. The van der Waals surface area contributed by atoms with Crippen LogP contribution in [0.25, 0.3) is 121 Å².